The van der Waals surface area contributed by atoms with Crippen molar-refractivity contribution >= 4 is 45.0 Å². The number of hydrogen-bond acceptors (Lipinski definition) is 2. The minimum Gasteiger partial charge on any atom is -0.350 e. The molecule has 0 aliphatic carbocycles. The Kier molecular flexibility index (Phi) is 6.19. The molecule has 0 fully saturated rings. The topological polar surface area (TPSA) is 49.4 Å². The van der Waals surface area contributed by atoms with Gasteiger partial charge in [-0.05, 0) is 45.8 Å². The molecule has 0 aliphatic heterocycles. The zero-order valence-corrected chi connectivity index (χ0v) is 14.9. The zero-order chi connectivity index (χ0) is 16.8. The summed E-state index contributed by atoms with van der Waals surface area (Å²) in [5.74, 6) is -0.426. The molecule has 2 aromatic rings. The molecule has 1 N–H and O–H groups in total. The molecule has 0 atom stereocenters. The molecule has 2 amide bonds. The van der Waals surface area contributed by atoms with Gasteiger partial charge in [0.25, 0.3) is 0 Å². The van der Waals surface area contributed by atoms with Crippen LogP contribution in [0.25, 0.3) is 0 Å². The van der Waals surface area contributed by atoms with E-state index < -0.39 is 0 Å². The number of carbonyl (C=O) groups is 2. The van der Waals surface area contributed by atoms with Gasteiger partial charge in [0.15, 0.2) is 0 Å². The van der Waals surface area contributed by atoms with Crippen molar-refractivity contribution < 1.29 is 9.59 Å². The summed E-state index contributed by atoms with van der Waals surface area (Å²) in [6.45, 7) is 1.79. The normalized spacial score (nSPS) is 10.2. The van der Waals surface area contributed by atoms with Gasteiger partial charge >= 0.3 is 0 Å². The first kappa shape index (κ1) is 17.5. The van der Waals surface area contributed by atoms with E-state index in [1.165, 1.54) is 11.8 Å². The van der Waals surface area contributed by atoms with Crippen molar-refractivity contribution in [1.29, 1.82) is 0 Å². The third-order valence-electron chi connectivity index (χ3n) is 3.23. The van der Waals surface area contributed by atoms with Gasteiger partial charge in [0.05, 0.1) is 5.69 Å². The van der Waals surface area contributed by atoms with Gasteiger partial charge in [-0.15, -0.1) is 0 Å². The van der Waals surface area contributed by atoms with E-state index in [2.05, 4.69) is 21.2 Å². The Morgan fingerprint density at radius 2 is 1.78 bits per heavy atom. The first-order chi connectivity index (χ1) is 11.0. The molecule has 4 nitrogen and oxygen atoms in total. The number of benzene rings is 2. The smallest absolute Gasteiger partial charge is 0.240 e. The van der Waals surface area contributed by atoms with Crippen LogP contribution in [0.2, 0.25) is 5.02 Å². The highest BCUT2D eigenvalue weighted by Gasteiger charge is 2.17. The van der Waals surface area contributed by atoms with Crippen molar-refractivity contribution in [3.05, 3.63) is 63.6 Å². The number of nitrogens with one attached hydrogen (secondary N) is 1. The standard InChI is InChI=1S/C17H16BrClN2O2/c1-12(22)21(16-5-3-2-4-15(16)18)11-17(23)20-10-13-6-8-14(19)9-7-13/h2-9H,10-11H2,1H3,(H,20,23). The molecule has 0 spiro atoms. The second kappa shape index (κ2) is 8.13. The number of carbonyl (C=O) groups excluding carboxylic acids is 2. The highest BCUT2D eigenvalue weighted by molar-refractivity contribution is 9.10. The number of anilines is 1. The van der Waals surface area contributed by atoms with E-state index in [0.29, 0.717) is 17.3 Å². The number of rotatable bonds is 5. The highest BCUT2D eigenvalue weighted by Crippen LogP contribution is 2.25. The van der Waals surface area contributed by atoms with Gasteiger partial charge in [-0.3, -0.25) is 9.59 Å². The van der Waals surface area contributed by atoms with Crippen molar-refractivity contribution in [1.82, 2.24) is 5.32 Å². The van der Waals surface area contributed by atoms with E-state index in [1.54, 1.807) is 18.2 Å². The van der Waals surface area contributed by atoms with Gasteiger partial charge in [-0.25, -0.2) is 0 Å². The Labute approximate surface area is 148 Å². The number of nitrogens with zero attached hydrogens (tertiary/aromatic N) is 1. The third-order valence-corrected chi connectivity index (χ3v) is 4.15. The van der Waals surface area contributed by atoms with E-state index in [4.69, 9.17) is 11.6 Å². The summed E-state index contributed by atoms with van der Waals surface area (Å²) in [6.07, 6.45) is 0. The van der Waals surface area contributed by atoms with Crippen LogP contribution in [0.1, 0.15) is 12.5 Å². The summed E-state index contributed by atoms with van der Waals surface area (Å²) >= 11 is 9.22. The zero-order valence-electron chi connectivity index (χ0n) is 12.6. The SMILES string of the molecule is CC(=O)N(CC(=O)NCc1ccc(Cl)cc1)c1ccccc1Br. The Bertz CT molecular complexity index is 704. The highest BCUT2D eigenvalue weighted by atomic mass is 79.9. The summed E-state index contributed by atoms with van der Waals surface area (Å²) in [5, 5.41) is 3.45. The van der Waals surface area contributed by atoms with E-state index in [1.807, 2.05) is 30.3 Å². The minimum atomic E-state index is -0.231. The summed E-state index contributed by atoms with van der Waals surface area (Å²) in [7, 11) is 0. The molecular formula is C17H16BrClN2O2. The summed E-state index contributed by atoms with van der Waals surface area (Å²) in [5.41, 5.74) is 1.61. The maximum absolute atomic E-state index is 12.1. The molecule has 0 saturated heterocycles. The molecular weight excluding hydrogens is 380 g/mol. The third kappa shape index (κ3) is 5.08. The lowest BCUT2D eigenvalue weighted by Gasteiger charge is -2.22. The largest absolute Gasteiger partial charge is 0.350 e. The maximum atomic E-state index is 12.1. The molecule has 0 saturated carbocycles. The summed E-state index contributed by atoms with van der Waals surface area (Å²) in [4.78, 5) is 25.4. The quantitative estimate of drug-likeness (QED) is 0.838. The van der Waals surface area contributed by atoms with Crippen molar-refractivity contribution in [2.45, 2.75) is 13.5 Å². The van der Waals surface area contributed by atoms with Crippen LogP contribution in [0.15, 0.2) is 53.0 Å². The van der Waals surface area contributed by atoms with Crippen LogP contribution in [0.5, 0.6) is 0 Å². The van der Waals surface area contributed by atoms with E-state index in [9.17, 15) is 9.59 Å². The predicted molar refractivity (Wildman–Crippen MR) is 95.5 cm³/mol. The van der Waals surface area contributed by atoms with Gasteiger partial charge in [0.2, 0.25) is 11.8 Å². The summed E-state index contributed by atoms with van der Waals surface area (Å²) in [6, 6.07) is 14.5. The van der Waals surface area contributed by atoms with Crippen molar-refractivity contribution in [3.8, 4) is 0 Å². The monoisotopic (exact) mass is 394 g/mol. The van der Waals surface area contributed by atoms with Gasteiger partial charge in [0.1, 0.15) is 6.54 Å². The molecule has 0 radical (unpaired) electrons. The molecule has 120 valence electrons. The van der Waals surface area contributed by atoms with Crippen LogP contribution in [-0.4, -0.2) is 18.4 Å². The predicted octanol–water partition coefficient (Wildman–Crippen LogP) is 3.77. The summed E-state index contributed by atoms with van der Waals surface area (Å²) < 4.78 is 0.765. The number of halogens is 2. The fraction of sp³-hybridized carbons (Fsp3) is 0.176. The number of amides is 2. The molecule has 0 unspecified atom stereocenters. The molecule has 0 heterocycles. The number of para-hydroxylation sites is 1. The second-order valence-corrected chi connectivity index (χ2v) is 6.25. The fourth-order valence-electron chi connectivity index (χ4n) is 2.04. The maximum Gasteiger partial charge on any atom is 0.240 e. The Hall–Kier alpha value is -1.85. The van der Waals surface area contributed by atoms with Gasteiger partial charge < -0.3 is 10.2 Å². The molecule has 6 heteroatoms. The van der Waals surface area contributed by atoms with Crippen molar-refractivity contribution in [2.75, 3.05) is 11.4 Å². The average Bonchev–Trinajstić information content (AvgIpc) is 2.52. The molecule has 0 bridgehead atoms. The Balaban J connectivity index is 2.00. The lowest BCUT2D eigenvalue weighted by atomic mass is 10.2. The first-order valence-corrected chi connectivity index (χ1v) is 8.18. The fourth-order valence-corrected chi connectivity index (χ4v) is 2.66. The van der Waals surface area contributed by atoms with E-state index in [-0.39, 0.29) is 18.4 Å². The lowest BCUT2D eigenvalue weighted by molar-refractivity contribution is -0.123. The second-order valence-electron chi connectivity index (χ2n) is 4.96. The lowest BCUT2D eigenvalue weighted by Crippen LogP contribution is -2.39. The minimum absolute atomic E-state index is 0.0362. The molecule has 2 aromatic carbocycles. The van der Waals surface area contributed by atoms with Crippen LogP contribution >= 0.6 is 27.5 Å². The first-order valence-electron chi connectivity index (χ1n) is 7.01. The molecule has 0 aliphatic rings. The van der Waals surface area contributed by atoms with Gasteiger partial charge in [-0.1, -0.05) is 35.9 Å². The van der Waals surface area contributed by atoms with Crippen LogP contribution < -0.4 is 10.2 Å². The molecule has 0 aromatic heterocycles. The van der Waals surface area contributed by atoms with Crippen LogP contribution in [-0.2, 0) is 16.1 Å². The van der Waals surface area contributed by atoms with Crippen molar-refractivity contribution in [3.63, 3.8) is 0 Å². The van der Waals surface area contributed by atoms with Crippen LogP contribution in [0, 0.1) is 0 Å². The van der Waals surface area contributed by atoms with Gasteiger partial charge in [0, 0.05) is 23.0 Å². The Morgan fingerprint density at radius 3 is 2.39 bits per heavy atom. The molecule has 23 heavy (non-hydrogen) atoms. The van der Waals surface area contributed by atoms with E-state index in [0.717, 1.165) is 10.0 Å². The average molecular weight is 396 g/mol. The Morgan fingerprint density at radius 1 is 1.13 bits per heavy atom. The van der Waals surface area contributed by atoms with E-state index >= 15 is 0 Å². The van der Waals surface area contributed by atoms with Crippen LogP contribution in [0.3, 0.4) is 0 Å². The van der Waals surface area contributed by atoms with Crippen molar-refractivity contribution in [2.24, 2.45) is 0 Å². The number of hydrogen-bond donors (Lipinski definition) is 1. The van der Waals surface area contributed by atoms with Gasteiger partial charge in [-0.2, -0.15) is 0 Å². The molecule has 2 rings (SSSR count). The van der Waals surface area contributed by atoms with Crippen LogP contribution in [0.4, 0.5) is 5.69 Å².